The summed E-state index contributed by atoms with van der Waals surface area (Å²) in [5, 5.41) is 12.7. The quantitative estimate of drug-likeness (QED) is 0.900. The van der Waals surface area contributed by atoms with E-state index in [4.69, 9.17) is 11.6 Å². The lowest BCUT2D eigenvalue weighted by Crippen LogP contribution is -2.26. The minimum Gasteiger partial charge on any atom is -0.508 e. The van der Waals surface area contributed by atoms with E-state index >= 15 is 0 Å². The van der Waals surface area contributed by atoms with Crippen molar-refractivity contribution in [1.82, 2.24) is 5.32 Å². The van der Waals surface area contributed by atoms with Gasteiger partial charge in [0, 0.05) is 10.6 Å². The zero-order valence-electron chi connectivity index (χ0n) is 10.4. The zero-order chi connectivity index (χ0) is 13.8. The van der Waals surface area contributed by atoms with Crippen molar-refractivity contribution in [2.45, 2.75) is 13.0 Å². The summed E-state index contributed by atoms with van der Waals surface area (Å²) in [5.74, 6) is 0.0530. The fourth-order valence-electron chi connectivity index (χ4n) is 1.73. The van der Waals surface area contributed by atoms with Crippen molar-refractivity contribution in [3.05, 3.63) is 64.7 Å². The summed E-state index contributed by atoms with van der Waals surface area (Å²) in [5.41, 5.74) is 1.50. The molecule has 1 atom stereocenters. The first-order valence-electron chi connectivity index (χ1n) is 5.91. The molecule has 2 rings (SSSR count). The van der Waals surface area contributed by atoms with Crippen molar-refractivity contribution < 1.29 is 9.90 Å². The van der Waals surface area contributed by atoms with Crippen molar-refractivity contribution in [1.29, 1.82) is 0 Å². The first-order chi connectivity index (χ1) is 9.06. The maximum Gasteiger partial charge on any atom is 0.251 e. The number of phenolic OH excluding ortho intramolecular Hbond substituents is 1. The number of nitrogens with one attached hydrogen (secondary N) is 1. The summed E-state index contributed by atoms with van der Waals surface area (Å²) in [6, 6.07) is 13.3. The Bertz CT molecular complexity index is 564. The van der Waals surface area contributed by atoms with Crippen LogP contribution in [0, 0.1) is 0 Å². The van der Waals surface area contributed by atoms with Gasteiger partial charge in [-0.2, -0.15) is 0 Å². The third-order valence-corrected chi connectivity index (χ3v) is 3.10. The molecule has 0 radical (unpaired) electrons. The average Bonchev–Trinajstić information content (AvgIpc) is 2.40. The summed E-state index contributed by atoms with van der Waals surface area (Å²) in [7, 11) is 0. The number of aromatic hydroxyl groups is 1. The van der Waals surface area contributed by atoms with Crippen LogP contribution < -0.4 is 5.32 Å². The second-order valence-electron chi connectivity index (χ2n) is 4.29. The highest BCUT2D eigenvalue weighted by molar-refractivity contribution is 6.30. The van der Waals surface area contributed by atoms with Gasteiger partial charge in [-0.15, -0.1) is 0 Å². The van der Waals surface area contributed by atoms with E-state index in [1.54, 1.807) is 48.5 Å². The van der Waals surface area contributed by atoms with Gasteiger partial charge >= 0.3 is 0 Å². The third kappa shape index (κ3) is 3.48. The molecule has 0 aromatic heterocycles. The Hall–Kier alpha value is -2.00. The molecule has 0 aliphatic heterocycles. The van der Waals surface area contributed by atoms with E-state index in [2.05, 4.69) is 5.32 Å². The SMILES string of the molecule is CC(NC(=O)c1ccc(Cl)cc1)c1ccc(O)cc1. The number of phenols is 1. The number of amides is 1. The Labute approximate surface area is 116 Å². The molecular weight excluding hydrogens is 262 g/mol. The number of hydrogen-bond donors (Lipinski definition) is 2. The maximum absolute atomic E-state index is 12.0. The Morgan fingerprint density at radius 1 is 1.11 bits per heavy atom. The molecule has 0 bridgehead atoms. The van der Waals surface area contributed by atoms with Crippen LogP contribution in [0.1, 0.15) is 28.9 Å². The van der Waals surface area contributed by atoms with Crippen LogP contribution in [-0.2, 0) is 0 Å². The zero-order valence-corrected chi connectivity index (χ0v) is 11.2. The lowest BCUT2D eigenvalue weighted by atomic mass is 10.1. The van der Waals surface area contributed by atoms with Crippen molar-refractivity contribution in [3.8, 4) is 5.75 Å². The van der Waals surface area contributed by atoms with Gasteiger partial charge in [-0.05, 0) is 48.9 Å². The molecule has 2 aromatic carbocycles. The summed E-state index contributed by atoms with van der Waals surface area (Å²) >= 11 is 5.78. The predicted molar refractivity (Wildman–Crippen MR) is 75.4 cm³/mol. The minimum absolute atomic E-state index is 0.135. The first kappa shape index (κ1) is 13.4. The van der Waals surface area contributed by atoms with E-state index < -0.39 is 0 Å². The molecule has 4 heteroatoms. The lowest BCUT2D eigenvalue weighted by Gasteiger charge is -2.14. The Morgan fingerprint density at radius 2 is 1.68 bits per heavy atom. The highest BCUT2D eigenvalue weighted by Gasteiger charge is 2.11. The van der Waals surface area contributed by atoms with Crippen molar-refractivity contribution in [3.63, 3.8) is 0 Å². The molecule has 19 heavy (non-hydrogen) atoms. The van der Waals surface area contributed by atoms with Gasteiger partial charge in [0.15, 0.2) is 0 Å². The molecule has 0 spiro atoms. The highest BCUT2D eigenvalue weighted by Crippen LogP contribution is 2.17. The van der Waals surface area contributed by atoms with Crippen LogP contribution in [-0.4, -0.2) is 11.0 Å². The fourth-order valence-corrected chi connectivity index (χ4v) is 1.85. The number of hydrogen-bond acceptors (Lipinski definition) is 2. The van der Waals surface area contributed by atoms with Gasteiger partial charge in [0.25, 0.3) is 5.91 Å². The Balaban J connectivity index is 2.06. The highest BCUT2D eigenvalue weighted by atomic mass is 35.5. The van der Waals surface area contributed by atoms with Crippen molar-refractivity contribution in [2.24, 2.45) is 0 Å². The summed E-state index contributed by atoms with van der Waals surface area (Å²) in [4.78, 5) is 12.0. The molecule has 0 saturated heterocycles. The largest absolute Gasteiger partial charge is 0.508 e. The van der Waals surface area contributed by atoms with Crippen molar-refractivity contribution in [2.75, 3.05) is 0 Å². The van der Waals surface area contributed by atoms with E-state index in [0.29, 0.717) is 10.6 Å². The van der Waals surface area contributed by atoms with E-state index in [9.17, 15) is 9.90 Å². The van der Waals surface area contributed by atoms with Gasteiger partial charge in [-0.3, -0.25) is 4.79 Å². The van der Waals surface area contributed by atoms with Gasteiger partial charge in [-0.25, -0.2) is 0 Å². The molecule has 2 N–H and O–H groups in total. The van der Waals surface area contributed by atoms with Gasteiger partial charge in [-0.1, -0.05) is 23.7 Å². The smallest absolute Gasteiger partial charge is 0.251 e. The van der Waals surface area contributed by atoms with E-state index in [1.807, 2.05) is 6.92 Å². The van der Waals surface area contributed by atoms with Gasteiger partial charge in [0.2, 0.25) is 0 Å². The fraction of sp³-hybridized carbons (Fsp3) is 0.133. The van der Waals surface area contributed by atoms with E-state index in [1.165, 1.54) is 0 Å². The lowest BCUT2D eigenvalue weighted by molar-refractivity contribution is 0.0940. The van der Waals surface area contributed by atoms with E-state index in [-0.39, 0.29) is 17.7 Å². The Morgan fingerprint density at radius 3 is 2.26 bits per heavy atom. The summed E-state index contributed by atoms with van der Waals surface area (Å²) in [6.45, 7) is 1.89. The van der Waals surface area contributed by atoms with Crippen LogP contribution in [0.3, 0.4) is 0 Å². The minimum atomic E-state index is -0.155. The topological polar surface area (TPSA) is 49.3 Å². The van der Waals surface area contributed by atoms with Gasteiger partial charge in [0.1, 0.15) is 5.75 Å². The normalized spacial score (nSPS) is 11.9. The Kier molecular flexibility index (Phi) is 4.07. The summed E-state index contributed by atoms with van der Waals surface area (Å²) < 4.78 is 0. The molecule has 0 heterocycles. The average molecular weight is 276 g/mol. The number of halogens is 1. The molecule has 1 unspecified atom stereocenters. The molecular formula is C15H14ClNO2. The second kappa shape index (κ2) is 5.76. The third-order valence-electron chi connectivity index (χ3n) is 2.85. The van der Waals surface area contributed by atoms with Gasteiger partial charge in [0.05, 0.1) is 6.04 Å². The van der Waals surface area contributed by atoms with Crippen LogP contribution in [0.15, 0.2) is 48.5 Å². The summed E-state index contributed by atoms with van der Waals surface area (Å²) in [6.07, 6.45) is 0. The molecule has 0 aliphatic rings. The number of benzene rings is 2. The van der Waals surface area contributed by atoms with Crippen LogP contribution in [0.5, 0.6) is 5.75 Å². The molecule has 1 amide bonds. The van der Waals surface area contributed by atoms with Crippen molar-refractivity contribution >= 4 is 17.5 Å². The molecule has 2 aromatic rings. The standard InChI is InChI=1S/C15H14ClNO2/c1-10(11-4-8-14(18)9-5-11)17-15(19)12-2-6-13(16)7-3-12/h2-10,18H,1H3,(H,17,19). The molecule has 0 aliphatic carbocycles. The first-order valence-corrected chi connectivity index (χ1v) is 6.29. The van der Waals surface area contributed by atoms with Crippen LogP contribution in [0.4, 0.5) is 0 Å². The van der Waals surface area contributed by atoms with Crippen LogP contribution in [0.2, 0.25) is 5.02 Å². The molecule has 98 valence electrons. The number of carbonyl (C=O) groups excluding carboxylic acids is 1. The number of rotatable bonds is 3. The maximum atomic E-state index is 12.0. The molecule has 3 nitrogen and oxygen atoms in total. The van der Waals surface area contributed by atoms with Crippen LogP contribution >= 0.6 is 11.6 Å². The molecule has 0 saturated carbocycles. The molecule has 0 fully saturated rings. The van der Waals surface area contributed by atoms with Crippen LogP contribution in [0.25, 0.3) is 0 Å². The van der Waals surface area contributed by atoms with Gasteiger partial charge < -0.3 is 10.4 Å². The van der Waals surface area contributed by atoms with E-state index in [0.717, 1.165) is 5.56 Å². The second-order valence-corrected chi connectivity index (χ2v) is 4.73. The monoisotopic (exact) mass is 275 g/mol. The number of carbonyl (C=O) groups is 1. The predicted octanol–water partition coefficient (Wildman–Crippen LogP) is 3.54.